The van der Waals surface area contributed by atoms with Crippen molar-refractivity contribution < 1.29 is 14.6 Å². The van der Waals surface area contributed by atoms with Crippen LogP contribution in [0.3, 0.4) is 0 Å². The summed E-state index contributed by atoms with van der Waals surface area (Å²) in [7, 11) is 0. The van der Waals surface area contributed by atoms with Crippen LogP contribution >= 0.6 is 0 Å². The van der Waals surface area contributed by atoms with E-state index in [1.165, 1.54) is 0 Å². The monoisotopic (exact) mass is 240 g/mol. The van der Waals surface area contributed by atoms with Gasteiger partial charge < -0.3 is 20.1 Å². The van der Waals surface area contributed by atoms with E-state index in [1.807, 2.05) is 0 Å². The predicted octanol–water partition coefficient (Wildman–Crippen LogP) is 0.473. The van der Waals surface area contributed by atoms with Crippen LogP contribution in [-0.4, -0.2) is 53.5 Å². The number of amides is 2. The first kappa shape index (κ1) is 11.3. The molecule has 0 aromatic carbocycles. The van der Waals surface area contributed by atoms with Gasteiger partial charge in [0.15, 0.2) is 0 Å². The number of carbonyl (C=O) groups excluding carboxylic acids is 1. The van der Waals surface area contributed by atoms with Crippen molar-refractivity contribution >= 4 is 6.03 Å². The third-order valence-corrected chi connectivity index (χ3v) is 4.26. The molecule has 0 aromatic rings. The van der Waals surface area contributed by atoms with Gasteiger partial charge in [0.1, 0.15) is 0 Å². The summed E-state index contributed by atoms with van der Waals surface area (Å²) in [5, 5.41) is 12.3. The van der Waals surface area contributed by atoms with E-state index in [0.717, 1.165) is 38.6 Å². The molecule has 0 aromatic heterocycles. The van der Waals surface area contributed by atoms with Crippen LogP contribution in [0.4, 0.5) is 4.79 Å². The number of urea groups is 1. The van der Waals surface area contributed by atoms with Crippen molar-refractivity contribution in [3.8, 4) is 0 Å². The maximum Gasteiger partial charge on any atom is 0.318 e. The first-order valence-corrected chi connectivity index (χ1v) is 6.61. The van der Waals surface area contributed by atoms with Crippen molar-refractivity contribution in [3.63, 3.8) is 0 Å². The fourth-order valence-corrected chi connectivity index (χ4v) is 3.32. The van der Waals surface area contributed by atoms with Crippen LogP contribution in [0.15, 0.2) is 0 Å². The van der Waals surface area contributed by atoms with Crippen LogP contribution in [0.2, 0.25) is 0 Å². The molecule has 2 amide bonds. The molecule has 96 valence electrons. The van der Waals surface area contributed by atoms with E-state index in [0.29, 0.717) is 6.10 Å². The summed E-state index contributed by atoms with van der Waals surface area (Å²) in [4.78, 5) is 13.9. The number of nitrogens with one attached hydrogen (secondary N) is 1. The van der Waals surface area contributed by atoms with Crippen LogP contribution in [0.25, 0.3) is 0 Å². The van der Waals surface area contributed by atoms with Gasteiger partial charge in [-0.3, -0.25) is 0 Å². The Morgan fingerprint density at radius 2 is 2.29 bits per heavy atom. The molecule has 3 aliphatic rings. The number of hydrogen-bond acceptors (Lipinski definition) is 3. The first-order chi connectivity index (χ1) is 8.28. The van der Waals surface area contributed by atoms with Crippen LogP contribution in [0.1, 0.15) is 32.1 Å². The number of likely N-dealkylation sites (tertiary alicyclic amines) is 1. The zero-order chi connectivity index (χ0) is 11.8. The quantitative estimate of drug-likeness (QED) is 0.737. The maximum absolute atomic E-state index is 12.1. The summed E-state index contributed by atoms with van der Waals surface area (Å²) in [5.41, 5.74) is 0. The number of carbonyl (C=O) groups is 1. The first-order valence-electron chi connectivity index (χ1n) is 6.61. The number of hydrogen-bond donors (Lipinski definition) is 2. The molecule has 0 aliphatic carbocycles. The number of nitrogens with zero attached hydrogens (tertiary/aromatic N) is 1. The van der Waals surface area contributed by atoms with Crippen LogP contribution in [0.5, 0.6) is 0 Å². The summed E-state index contributed by atoms with van der Waals surface area (Å²) in [6.07, 6.45) is 5.65. The lowest BCUT2D eigenvalue weighted by Crippen LogP contribution is -2.50. The molecule has 5 heteroatoms. The van der Waals surface area contributed by atoms with Gasteiger partial charge in [0.2, 0.25) is 0 Å². The van der Waals surface area contributed by atoms with Gasteiger partial charge in [-0.1, -0.05) is 0 Å². The molecular formula is C12H20N2O3. The molecule has 0 radical (unpaired) electrons. The van der Waals surface area contributed by atoms with Crippen LogP contribution in [-0.2, 0) is 4.74 Å². The summed E-state index contributed by atoms with van der Waals surface area (Å²) in [5.74, 6) is 0. The molecule has 2 N–H and O–H groups in total. The predicted molar refractivity (Wildman–Crippen MR) is 61.6 cm³/mol. The second-order valence-corrected chi connectivity index (χ2v) is 5.34. The summed E-state index contributed by atoms with van der Waals surface area (Å²) in [6, 6.07) is 0.165. The average molecular weight is 240 g/mol. The fraction of sp³-hybridized carbons (Fsp3) is 0.917. The lowest BCUT2D eigenvalue weighted by Gasteiger charge is -2.27. The van der Waals surface area contributed by atoms with Gasteiger partial charge in [0.25, 0.3) is 0 Å². The lowest BCUT2D eigenvalue weighted by molar-refractivity contribution is 0.0961. The standard InChI is InChI=1S/C12H20N2O3/c15-7-8-2-1-5-14(8)12(16)13-10-6-9-3-4-11(10)17-9/h8-11,15H,1-7H2,(H,13,16). The molecule has 3 fully saturated rings. The van der Waals surface area contributed by atoms with Crippen molar-refractivity contribution in [3.05, 3.63) is 0 Å². The third-order valence-electron chi connectivity index (χ3n) is 4.26. The molecule has 3 saturated heterocycles. The smallest absolute Gasteiger partial charge is 0.318 e. The van der Waals surface area contributed by atoms with Gasteiger partial charge in [0.05, 0.1) is 30.9 Å². The van der Waals surface area contributed by atoms with Crippen molar-refractivity contribution in [2.45, 2.75) is 56.4 Å². The van der Waals surface area contributed by atoms with Crippen molar-refractivity contribution in [1.82, 2.24) is 10.2 Å². The average Bonchev–Trinajstić information content (AvgIpc) is 3.04. The topological polar surface area (TPSA) is 61.8 Å². The van der Waals surface area contributed by atoms with Crippen LogP contribution < -0.4 is 5.32 Å². The van der Waals surface area contributed by atoms with E-state index < -0.39 is 0 Å². The van der Waals surface area contributed by atoms with Gasteiger partial charge >= 0.3 is 6.03 Å². The summed E-state index contributed by atoms with van der Waals surface area (Å²) in [6.45, 7) is 0.833. The Bertz CT molecular complexity index is 310. The minimum atomic E-state index is -0.0253. The molecule has 3 rings (SSSR count). The molecule has 17 heavy (non-hydrogen) atoms. The molecular weight excluding hydrogens is 220 g/mol. The molecule has 0 saturated carbocycles. The van der Waals surface area contributed by atoms with Crippen molar-refractivity contribution in [2.75, 3.05) is 13.2 Å². The molecule has 5 nitrogen and oxygen atoms in total. The molecule has 3 heterocycles. The Morgan fingerprint density at radius 3 is 2.94 bits per heavy atom. The lowest BCUT2D eigenvalue weighted by atomic mass is 9.96. The van der Waals surface area contributed by atoms with E-state index >= 15 is 0 Å². The SMILES string of the molecule is O=C(NC1CC2CCC1O2)N1CCCC1CO. The van der Waals surface area contributed by atoms with E-state index in [-0.39, 0.29) is 30.8 Å². The van der Waals surface area contributed by atoms with E-state index in [4.69, 9.17) is 4.74 Å². The van der Waals surface area contributed by atoms with Gasteiger partial charge in [-0.25, -0.2) is 4.79 Å². The summed E-state index contributed by atoms with van der Waals surface area (Å²) < 4.78 is 5.72. The normalized spacial score (nSPS) is 39.9. The molecule has 4 atom stereocenters. The molecule has 0 spiro atoms. The Kier molecular flexibility index (Phi) is 2.96. The van der Waals surface area contributed by atoms with Gasteiger partial charge in [-0.05, 0) is 32.1 Å². The number of ether oxygens (including phenoxy) is 1. The highest BCUT2D eigenvalue weighted by molar-refractivity contribution is 5.75. The molecule has 4 unspecified atom stereocenters. The highest BCUT2D eigenvalue weighted by Crippen LogP contribution is 2.34. The Labute approximate surface area is 101 Å². The van der Waals surface area contributed by atoms with Gasteiger partial charge in [0, 0.05) is 6.54 Å². The zero-order valence-corrected chi connectivity index (χ0v) is 9.97. The maximum atomic E-state index is 12.1. The van der Waals surface area contributed by atoms with Gasteiger partial charge in [-0.15, -0.1) is 0 Å². The highest BCUT2D eigenvalue weighted by Gasteiger charge is 2.42. The minimum absolute atomic E-state index is 0.00880. The number of fused-ring (bicyclic) bond motifs is 2. The second kappa shape index (κ2) is 4.46. The van der Waals surface area contributed by atoms with Crippen LogP contribution in [0, 0.1) is 0 Å². The second-order valence-electron chi connectivity index (χ2n) is 5.34. The Hall–Kier alpha value is -0.810. The van der Waals surface area contributed by atoms with E-state index in [1.54, 1.807) is 4.90 Å². The Balaban J connectivity index is 1.56. The molecule has 2 bridgehead atoms. The summed E-state index contributed by atoms with van der Waals surface area (Å²) >= 11 is 0. The molecule has 3 aliphatic heterocycles. The minimum Gasteiger partial charge on any atom is -0.394 e. The van der Waals surface area contributed by atoms with E-state index in [2.05, 4.69) is 5.32 Å². The van der Waals surface area contributed by atoms with Crippen molar-refractivity contribution in [1.29, 1.82) is 0 Å². The number of aliphatic hydroxyl groups excluding tert-OH is 1. The number of rotatable bonds is 2. The third kappa shape index (κ3) is 2.02. The fourth-order valence-electron chi connectivity index (χ4n) is 3.32. The highest BCUT2D eigenvalue weighted by atomic mass is 16.5. The Morgan fingerprint density at radius 1 is 1.41 bits per heavy atom. The van der Waals surface area contributed by atoms with Gasteiger partial charge in [-0.2, -0.15) is 0 Å². The zero-order valence-electron chi connectivity index (χ0n) is 9.97. The number of aliphatic hydroxyl groups is 1. The van der Waals surface area contributed by atoms with Crippen molar-refractivity contribution in [2.24, 2.45) is 0 Å². The van der Waals surface area contributed by atoms with E-state index in [9.17, 15) is 9.90 Å². The largest absolute Gasteiger partial charge is 0.394 e.